The first kappa shape index (κ1) is 11.9. The summed E-state index contributed by atoms with van der Waals surface area (Å²) in [6.45, 7) is 2.40. The first-order chi connectivity index (χ1) is 5.71. The van der Waals surface area contributed by atoms with Gasteiger partial charge >= 0.3 is 5.97 Å². The van der Waals surface area contributed by atoms with Gasteiger partial charge in [0.25, 0.3) is 0 Å². The maximum atomic E-state index is 11.0. The molecular weight excluding hydrogens is 196 g/mol. The highest BCUT2D eigenvalue weighted by Gasteiger charge is 2.31. The molecule has 0 aliphatic carbocycles. The lowest BCUT2D eigenvalue weighted by molar-refractivity contribution is -0.142. The van der Waals surface area contributed by atoms with Crippen molar-refractivity contribution in [1.29, 1.82) is 5.26 Å². The van der Waals surface area contributed by atoms with Gasteiger partial charge < -0.3 is 5.11 Å². The number of carboxylic acid groups (broad SMARTS) is 1. The third kappa shape index (κ3) is 3.87. The van der Waals surface area contributed by atoms with E-state index in [1.165, 1.54) is 19.9 Å². The fraction of sp³-hybridized carbons (Fsp3) is 0.667. The van der Waals surface area contributed by atoms with Crippen LogP contribution in [0.2, 0.25) is 0 Å². The number of rotatable bonds is 4. The summed E-state index contributed by atoms with van der Waals surface area (Å²) >= 11 is 0. The molecule has 0 spiro atoms. The van der Waals surface area contributed by atoms with E-state index in [4.69, 9.17) is 10.4 Å². The number of nitrogens with one attached hydrogen (secondary N) is 1. The molecular formula is C6H10N2O4S. The van der Waals surface area contributed by atoms with Crippen LogP contribution in [0.4, 0.5) is 0 Å². The molecule has 0 aliphatic heterocycles. The third-order valence-electron chi connectivity index (χ3n) is 1.20. The molecule has 0 amide bonds. The number of carbonyl (C=O) groups is 1. The predicted octanol–water partition coefficient (Wildman–Crippen LogP) is -0.707. The molecule has 0 fully saturated rings. The lowest BCUT2D eigenvalue weighted by atomic mass is 10.1. The number of sulfonamides is 1. The van der Waals surface area contributed by atoms with E-state index >= 15 is 0 Å². The van der Waals surface area contributed by atoms with Crippen molar-refractivity contribution in [3.05, 3.63) is 0 Å². The molecule has 2 N–H and O–H groups in total. The monoisotopic (exact) mass is 206 g/mol. The van der Waals surface area contributed by atoms with E-state index in [1.807, 2.05) is 4.72 Å². The van der Waals surface area contributed by atoms with Crippen LogP contribution >= 0.6 is 0 Å². The fourth-order valence-corrected chi connectivity index (χ4v) is 1.66. The highest BCUT2D eigenvalue weighted by molar-refractivity contribution is 7.89. The van der Waals surface area contributed by atoms with Crippen molar-refractivity contribution in [1.82, 2.24) is 4.72 Å². The molecule has 13 heavy (non-hydrogen) atoms. The van der Waals surface area contributed by atoms with Gasteiger partial charge in [0.15, 0.2) is 5.75 Å². The molecule has 7 heteroatoms. The van der Waals surface area contributed by atoms with Gasteiger partial charge in [0, 0.05) is 0 Å². The van der Waals surface area contributed by atoms with Crippen LogP contribution in [0, 0.1) is 11.3 Å². The van der Waals surface area contributed by atoms with Gasteiger partial charge in [-0.1, -0.05) is 0 Å². The summed E-state index contributed by atoms with van der Waals surface area (Å²) in [7, 11) is -3.83. The van der Waals surface area contributed by atoms with Crippen molar-refractivity contribution >= 4 is 16.0 Å². The standard InChI is InChI=1S/C6H10N2O4S/c1-6(2,5(9)10)8-13(11,12)4-3-7/h8H,4H2,1-2H3,(H,9,10). The van der Waals surface area contributed by atoms with E-state index in [0.29, 0.717) is 0 Å². The van der Waals surface area contributed by atoms with Crippen LogP contribution in [0.5, 0.6) is 0 Å². The van der Waals surface area contributed by atoms with E-state index < -0.39 is 27.3 Å². The zero-order valence-electron chi connectivity index (χ0n) is 7.23. The van der Waals surface area contributed by atoms with Crippen LogP contribution in [-0.4, -0.2) is 30.8 Å². The normalized spacial score (nSPS) is 12.1. The zero-order valence-corrected chi connectivity index (χ0v) is 8.05. The zero-order chi connectivity index (χ0) is 10.7. The van der Waals surface area contributed by atoms with Gasteiger partial charge in [-0.3, -0.25) is 4.79 Å². The first-order valence-electron chi connectivity index (χ1n) is 3.33. The molecule has 0 aliphatic rings. The number of carboxylic acids is 1. The van der Waals surface area contributed by atoms with Crippen LogP contribution in [0.25, 0.3) is 0 Å². The molecule has 0 aromatic carbocycles. The van der Waals surface area contributed by atoms with Crippen LogP contribution in [-0.2, 0) is 14.8 Å². The second-order valence-electron chi connectivity index (χ2n) is 2.95. The topological polar surface area (TPSA) is 107 Å². The Labute approximate surface area is 76.2 Å². The number of hydrogen-bond donors (Lipinski definition) is 2. The summed E-state index contributed by atoms with van der Waals surface area (Å²) in [6, 6.07) is 1.43. The van der Waals surface area contributed by atoms with Crippen molar-refractivity contribution in [3.63, 3.8) is 0 Å². The quantitative estimate of drug-likeness (QED) is 0.632. The Morgan fingerprint density at radius 1 is 1.62 bits per heavy atom. The van der Waals surface area contributed by atoms with Gasteiger partial charge in [-0.25, -0.2) is 8.42 Å². The molecule has 0 aromatic heterocycles. The predicted molar refractivity (Wildman–Crippen MR) is 44.3 cm³/mol. The third-order valence-corrected chi connectivity index (χ3v) is 2.53. The highest BCUT2D eigenvalue weighted by atomic mass is 32.2. The van der Waals surface area contributed by atoms with Crippen LogP contribution in [0.15, 0.2) is 0 Å². The minimum absolute atomic E-state index is 0.746. The van der Waals surface area contributed by atoms with Crippen LogP contribution < -0.4 is 4.72 Å². The molecule has 0 saturated heterocycles. The smallest absolute Gasteiger partial charge is 0.324 e. The van der Waals surface area contributed by atoms with E-state index in [-0.39, 0.29) is 0 Å². The maximum Gasteiger partial charge on any atom is 0.324 e. The van der Waals surface area contributed by atoms with Crippen molar-refractivity contribution in [2.45, 2.75) is 19.4 Å². The minimum Gasteiger partial charge on any atom is -0.480 e. The summed E-state index contributed by atoms with van der Waals surface area (Å²) in [4.78, 5) is 10.5. The molecule has 0 radical (unpaired) electrons. The summed E-state index contributed by atoms with van der Waals surface area (Å²) < 4.78 is 23.8. The lowest BCUT2D eigenvalue weighted by Crippen LogP contribution is -2.50. The lowest BCUT2D eigenvalue weighted by Gasteiger charge is -2.19. The average molecular weight is 206 g/mol. The molecule has 0 heterocycles. The largest absolute Gasteiger partial charge is 0.480 e. The molecule has 0 aromatic rings. The number of nitrogens with zero attached hydrogens (tertiary/aromatic N) is 1. The molecule has 0 rings (SSSR count). The molecule has 6 nitrogen and oxygen atoms in total. The maximum absolute atomic E-state index is 11.0. The van der Waals surface area contributed by atoms with Crippen LogP contribution in [0.3, 0.4) is 0 Å². The van der Waals surface area contributed by atoms with E-state index in [2.05, 4.69) is 0 Å². The van der Waals surface area contributed by atoms with Gasteiger partial charge in [-0.2, -0.15) is 9.98 Å². The van der Waals surface area contributed by atoms with Gasteiger partial charge in [-0.05, 0) is 13.8 Å². The Hall–Kier alpha value is -1.13. The van der Waals surface area contributed by atoms with Gasteiger partial charge in [0.05, 0.1) is 6.07 Å². The summed E-state index contributed by atoms with van der Waals surface area (Å²) in [5.41, 5.74) is -1.59. The van der Waals surface area contributed by atoms with Gasteiger partial charge in [-0.15, -0.1) is 0 Å². The molecule has 74 valence electrons. The molecule has 0 unspecified atom stereocenters. The Morgan fingerprint density at radius 3 is 2.38 bits per heavy atom. The van der Waals surface area contributed by atoms with Crippen molar-refractivity contribution in [3.8, 4) is 6.07 Å². The van der Waals surface area contributed by atoms with E-state index in [9.17, 15) is 13.2 Å². The molecule has 0 atom stereocenters. The fourth-order valence-electron chi connectivity index (χ4n) is 0.553. The van der Waals surface area contributed by atoms with Crippen molar-refractivity contribution in [2.24, 2.45) is 0 Å². The Bertz CT molecular complexity index is 338. The molecule has 0 saturated carbocycles. The molecule has 0 bridgehead atoms. The first-order valence-corrected chi connectivity index (χ1v) is 4.98. The Balaban J connectivity index is 4.65. The SMILES string of the molecule is CC(C)(NS(=O)(=O)CC#N)C(=O)O. The van der Waals surface area contributed by atoms with Crippen molar-refractivity contribution < 1.29 is 18.3 Å². The minimum atomic E-state index is -3.83. The summed E-state index contributed by atoms with van der Waals surface area (Å²) in [5.74, 6) is -2.04. The second kappa shape index (κ2) is 3.72. The number of hydrogen-bond acceptors (Lipinski definition) is 4. The Kier molecular flexibility index (Phi) is 3.40. The van der Waals surface area contributed by atoms with Gasteiger partial charge in [0.2, 0.25) is 10.0 Å². The highest BCUT2D eigenvalue weighted by Crippen LogP contribution is 2.04. The van der Waals surface area contributed by atoms with E-state index in [0.717, 1.165) is 0 Å². The van der Waals surface area contributed by atoms with E-state index in [1.54, 1.807) is 0 Å². The summed E-state index contributed by atoms with van der Waals surface area (Å²) in [6.07, 6.45) is 0. The number of nitriles is 1. The average Bonchev–Trinajstić information content (AvgIpc) is 1.83. The summed E-state index contributed by atoms with van der Waals surface area (Å²) in [5, 5.41) is 16.7. The van der Waals surface area contributed by atoms with Gasteiger partial charge in [0.1, 0.15) is 5.54 Å². The van der Waals surface area contributed by atoms with Crippen molar-refractivity contribution in [2.75, 3.05) is 5.75 Å². The van der Waals surface area contributed by atoms with Crippen LogP contribution in [0.1, 0.15) is 13.8 Å². The number of aliphatic carboxylic acids is 1. The second-order valence-corrected chi connectivity index (χ2v) is 4.67. The Morgan fingerprint density at radius 2 is 2.08 bits per heavy atom.